The van der Waals surface area contributed by atoms with Crippen LogP contribution in [0.3, 0.4) is 0 Å². The first-order chi connectivity index (χ1) is 9.65. The smallest absolute Gasteiger partial charge is 0.338 e. The van der Waals surface area contributed by atoms with Crippen LogP contribution in [0, 0.1) is 0 Å². The van der Waals surface area contributed by atoms with Crippen molar-refractivity contribution in [3.05, 3.63) is 58.8 Å². The fraction of sp³-hybridized carbons (Fsp3) is 0.0714. The molecule has 2 rings (SSSR count). The quantitative estimate of drug-likeness (QED) is 0.872. The van der Waals surface area contributed by atoms with Crippen LogP contribution in [0.5, 0.6) is 0 Å². The Morgan fingerprint density at radius 3 is 2.65 bits per heavy atom. The van der Waals surface area contributed by atoms with Crippen molar-refractivity contribution in [1.82, 2.24) is 4.98 Å². The molecule has 0 bridgehead atoms. The maximum absolute atomic E-state index is 11.6. The Hall–Kier alpha value is -2.21. The van der Waals surface area contributed by atoms with Gasteiger partial charge in [0.2, 0.25) is 0 Å². The van der Waals surface area contributed by atoms with E-state index in [2.05, 4.69) is 26.2 Å². The molecule has 1 amide bonds. The van der Waals surface area contributed by atoms with Gasteiger partial charge in [-0.1, -0.05) is 22.0 Å². The third-order valence-electron chi connectivity index (χ3n) is 2.36. The van der Waals surface area contributed by atoms with Crippen molar-refractivity contribution in [3.63, 3.8) is 0 Å². The van der Waals surface area contributed by atoms with Gasteiger partial charge >= 0.3 is 5.97 Å². The average molecular weight is 335 g/mol. The lowest BCUT2D eigenvalue weighted by Crippen LogP contribution is -2.20. The zero-order valence-electron chi connectivity index (χ0n) is 10.4. The number of hydrogen-bond acceptors (Lipinski definition) is 4. The van der Waals surface area contributed by atoms with Crippen LogP contribution in [0.2, 0.25) is 0 Å². The normalized spacial score (nSPS) is 9.85. The Morgan fingerprint density at radius 1 is 1.20 bits per heavy atom. The molecular formula is C14H11BrN2O3. The number of rotatable bonds is 4. The van der Waals surface area contributed by atoms with Crippen LogP contribution in [-0.2, 0) is 9.53 Å². The van der Waals surface area contributed by atoms with Crippen LogP contribution in [0.1, 0.15) is 10.4 Å². The summed E-state index contributed by atoms with van der Waals surface area (Å²) in [5.41, 5.74) is 0.986. The maximum Gasteiger partial charge on any atom is 0.338 e. The van der Waals surface area contributed by atoms with Crippen LogP contribution < -0.4 is 5.32 Å². The molecule has 1 N–H and O–H groups in total. The number of ether oxygens (including phenoxy) is 1. The summed E-state index contributed by atoms with van der Waals surface area (Å²) in [4.78, 5) is 27.1. The summed E-state index contributed by atoms with van der Waals surface area (Å²) in [5.74, 6) is -0.956. The fourth-order valence-electron chi connectivity index (χ4n) is 1.47. The molecule has 0 unspecified atom stereocenters. The lowest BCUT2D eigenvalue weighted by Gasteiger charge is -2.06. The number of aromatic nitrogens is 1. The van der Waals surface area contributed by atoms with Crippen LogP contribution >= 0.6 is 15.9 Å². The second kappa shape index (κ2) is 6.81. The SMILES string of the molecule is O=C(COC(=O)c1ccncc1)Nc1cccc(Br)c1. The number of carbonyl (C=O) groups is 2. The molecule has 0 aliphatic heterocycles. The number of pyridine rings is 1. The standard InChI is InChI=1S/C14H11BrN2O3/c15-11-2-1-3-12(8-11)17-13(18)9-20-14(19)10-4-6-16-7-5-10/h1-8H,9H2,(H,17,18). The lowest BCUT2D eigenvalue weighted by atomic mass is 10.3. The van der Waals surface area contributed by atoms with Gasteiger partial charge in [-0.15, -0.1) is 0 Å². The molecule has 2 aromatic rings. The molecule has 6 heteroatoms. The first kappa shape index (κ1) is 14.2. The van der Waals surface area contributed by atoms with Crippen molar-refractivity contribution in [2.75, 3.05) is 11.9 Å². The summed E-state index contributed by atoms with van der Waals surface area (Å²) in [6.07, 6.45) is 2.97. The van der Waals surface area contributed by atoms with Gasteiger partial charge in [0.25, 0.3) is 5.91 Å². The van der Waals surface area contributed by atoms with Crippen LogP contribution in [0.25, 0.3) is 0 Å². The summed E-state index contributed by atoms with van der Waals surface area (Å²) in [5, 5.41) is 2.63. The molecule has 102 valence electrons. The van der Waals surface area contributed by atoms with E-state index in [4.69, 9.17) is 4.74 Å². The molecule has 5 nitrogen and oxygen atoms in total. The van der Waals surface area contributed by atoms with E-state index < -0.39 is 11.9 Å². The zero-order valence-corrected chi connectivity index (χ0v) is 12.0. The highest BCUT2D eigenvalue weighted by molar-refractivity contribution is 9.10. The third-order valence-corrected chi connectivity index (χ3v) is 2.85. The number of halogens is 1. The molecule has 0 aliphatic carbocycles. The molecule has 0 saturated heterocycles. The number of hydrogen-bond donors (Lipinski definition) is 1. The van der Waals surface area contributed by atoms with E-state index >= 15 is 0 Å². The largest absolute Gasteiger partial charge is 0.452 e. The van der Waals surface area contributed by atoms with E-state index in [1.807, 2.05) is 6.07 Å². The van der Waals surface area contributed by atoms with Gasteiger partial charge < -0.3 is 10.1 Å². The van der Waals surface area contributed by atoms with E-state index in [1.54, 1.807) is 18.2 Å². The van der Waals surface area contributed by atoms with Crippen LogP contribution in [0.4, 0.5) is 5.69 Å². The number of nitrogens with zero attached hydrogens (tertiary/aromatic N) is 1. The predicted octanol–water partition coefficient (Wildman–Crippen LogP) is 2.64. The van der Waals surface area contributed by atoms with Gasteiger partial charge in [-0.05, 0) is 30.3 Å². The Bertz CT molecular complexity index is 617. The monoisotopic (exact) mass is 334 g/mol. The zero-order chi connectivity index (χ0) is 14.4. The van der Waals surface area contributed by atoms with Gasteiger partial charge in [-0.3, -0.25) is 9.78 Å². The van der Waals surface area contributed by atoms with E-state index in [0.29, 0.717) is 11.3 Å². The number of anilines is 1. The third kappa shape index (κ3) is 4.17. The summed E-state index contributed by atoms with van der Waals surface area (Å²) < 4.78 is 5.75. The van der Waals surface area contributed by atoms with Gasteiger partial charge in [0.05, 0.1) is 5.56 Å². The molecular weight excluding hydrogens is 324 g/mol. The second-order valence-electron chi connectivity index (χ2n) is 3.87. The number of benzene rings is 1. The molecule has 1 aromatic carbocycles. The number of nitrogens with one attached hydrogen (secondary N) is 1. The highest BCUT2D eigenvalue weighted by Gasteiger charge is 2.09. The van der Waals surface area contributed by atoms with Gasteiger partial charge in [0.1, 0.15) is 0 Å². The highest BCUT2D eigenvalue weighted by atomic mass is 79.9. The minimum absolute atomic E-state index is 0.340. The van der Waals surface area contributed by atoms with Gasteiger partial charge in [-0.2, -0.15) is 0 Å². The Balaban J connectivity index is 1.85. The first-order valence-electron chi connectivity index (χ1n) is 5.78. The molecule has 1 heterocycles. The number of esters is 1. The molecule has 0 saturated carbocycles. The van der Waals surface area contributed by atoms with Crippen molar-refractivity contribution in [2.45, 2.75) is 0 Å². The topological polar surface area (TPSA) is 68.3 Å². The van der Waals surface area contributed by atoms with Crippen molar-refractivity contribution in [1.29, 1.82) is 0 Å². The fourth-order valence-corrected chi connectivity index (χ4v) is 1.86. The number of amides is 1. The molecule has 0 aliphatic rings. The van der Waals surface area contributed by atoms with E-state index in [9.17, 15) is 9.59 Å². The minimum atomic E-state index is -0.559. The van der Waals surface area contributed by atoms with E-state index in [-0.39, 0.29) is 6.61 Å². The Labute approximate surface area is 124 Å². The Morgan fingerprint density at radius 2 is 1.95 bits per heavy atom. The van der Waals surface area contributed by atoms with Crippen molar-refractivity contribution in [2.24, 2.45) is 0 Å². The van der Waals surface area contributed by atoms with E-state index in [0.717, 1.165) is 4.47 Å². The van der Waals surface area contributed by atoms with Gasteiger partial charge in [-0.25, -0.2) is 4.79 Å². The van der Waals surface area contributed by atoms with Gasteiger partial charge in [0, 0.05) is 22.6 Å². The van der Waals surface area contributed by atoms with Crippen LogP contribution in [0.15, 0.2) is 53.3 Å². The minimum Gasteiger partial charge on any atom is -0.452 e. The predicted molar refractivity (Wildman–Crippen MR) is 77.3 cm³/mol. The van der Waals surface area contributed by atoms with Gasteiger partial charge in [0.15, 0.2) is 6.61 Å². The van der Waals surface area contributed by atoms with Crippen molar-refractivity contribution in [3.8, 4) is 0 Å². The summed E-state index contributed by atoms with van der Waals surface area (Å²) in [6, 6.07) is 10.2. The van der Waals surface area contributed by atoms with Crippen molar-refractivity contribution >= 4 is 33.5 Å². The maximum atomic E-state index is 11.6. The molecule has 1 aromatic heterocycles. The van der Waals surface area contributed by atoms with E-state index in [1.165, 1.54) is 24.5 Å². The average Bonchev–Trinajstić information content (AvgIpc) is 2.46. The molecule has 20 heavy (non-hydrogen) atoms. The Kier molecular flexibility index (Phi) is 4.84. The van der Waals surface area contributed by atoms with Crippen LogP contribution in [-0.4, -0.2) is 23.5 Å². The summed E-state index contributed by atoms with van der Waals surface area (Å²) >= 11 is 3.30. The summed E-state index contributed by atoms with van der Waals surface area (Å²) in [6.45, 7) is -0.340. The lowest BCUT2D eigenvalue weighted by molar-refractivity contribution is -0.119. The number of carbonyl (C=O) groups excluding carboxylic acids is 2. The summed E-state index contributed by atoms with van der Waals surface area (Å²) in [7, 11) is 0. The second-order valence-corrected chi connectivity index (χ2v) is 4.79. The highest BCUT2D eigenvalue weighted by Crippen LogP contribution is 2.15. The molecule has 0 fully saturated rings. The first-order valence-corrected chi connectivity index (χ1v) is 6.57. The molecule has 0 radical (unpaired) electrons. The van der Waals surface area contributed by atoms with Crippen molar-refractivity contribution < 1.29 is 14.3 Å². The molecule has 0 spiro atoms. The molecule has 0 atom stereocenters.